The first-order valence-electron chi connectivity index (χ1n) is 5.38. The zero-order valence-corrected chi connectivity index (χ0v) is 9.68. The van der Waals surface area contributed by atoms with Gasteiger partial charge in [-0.25, -0.2) is 0 Å². The van der Waals surface area contributed by atoms with Gasteiger partial charge in [0.2, 0.25) is 0 Å². The van der Waals surface area contributed by atoms with Crippen LogP contribution in [0.25, 0.3) is 0 Å². The number of hydrogen-bond acceptors (Lipinski definition) is 3. The Morgan fingerprint density at radius 3 is 3.07 bits per heavy atom. The quantitative estimate of drug-likeness (QED) is 0.811. The number of aromatic nitrogens is 1. The minimum Gasteiger partial charge on any atom is -0.316 e. The van der Waals surface area contributed by atoms with E-state index in [1.54, 1.807) is 0 Å². The van der Waals surface area contributed by atoms with Crippen LogP contribution in [0.2, 0.25) is 0 Å². The molecule has 2 heterocycles. The highest BCUT2D eigenvalue weighted by Gasteiger charge is 2.29. The van der Waals surface area contributed by atoms with Crippen LogP contribution in [0.15, 0.2) is 11.7 Å². The minimum absolute atomic E-state index is 0.740. The van der Waals surface area contributed by atoms with Crippen LogP contribution in [0.3, 0.4) is 0 Å². The van der Waals surface area contributed by atoms with Crippen molar-refractivity contribution in [1.82, 2.24) is 10.3 Å². The van der Waals surface area contributed by atoms with E-state index in [-0.39, 0.29) is 0 Å². The third-order valence-corrected chi connectivity index (χ3v) is 4.11. The molecule has 1 saturated heterocycles. The molecule has 3 heteroatoms. The van der Waals surface area contributed by atoms with Crippen LogP contribution in [-0.2, 0) is 0 Å². The van der Waals surface area contributed by atoms with Crippen LogP contribution in [0.5, 0.6) is 0 Å². The van der Waals surface area contributed by atoms with Gasteiger partial charge in [-0.05, 0) is 31.3 Å². The van der Waals surface area contributed by atoms with Crippen LogP contribution >= 0.6 is 11.3 Å². The molecule has 2 atom stereocenters. The lowest BCUT2D eigenvalue weighted by molar-refractivity contribution is 0.257. The summed E-state index contributed by atoms with van der Waals surface area (Å²) < 4.78 is 0. The molecular weight excluding hydrogens is 192 g/mol. The highest BCUT2D eigenvalue weighted by atomic mass is 32.1. The summed E-state index contributed by atoms with van der Waals surface area (Å²) in [5, 5.41) is 3.49. The van der Waals surface area contributed by atoms with Crippen molar-refractivity contribution in [2.45, 2.75) is 26.2 Å². The van der Waals surface area contributed by atoms with E-state index in [2.05, 4.69) is 30.3 Å². The molecule has 1 aromatic rings. The van der Waals surface area contributed by atoms with Gasteiger partial charge in [-0.2, -0.15) is 0 Å². The summed E-state index contributed by atoms with van der Waals surface area (Å²) in [6, 6.07) is 0. The lowest BCUT2D eigenvalue weighted by atomic mass is 9.78. The van der Waals surface area contributed by atoms with E-state index >= 15 is 0 Å². The zero-order valence-electron chi connectivity index (χ0n) is 8.86. The van der Waals surface area contributed by atoms with Crippen molar-refractivity contribution in [3.63, 3.8) is 0 Å². The van der Waals surface area contributed by atoms with E-state index in [9.17, 15) is 0 Å². The molecule has 78 valence electrons. The van der Waals surface area contributed by atoms with E-state index in [4.69, 9.17) is 0 Å². The lowest BCUT2D eigenvalue weighted by Gasteiger charge is -2.34. The monoisotopic (exact) mass is 210 g/mol. The molecule has 0 radical (unpaired) electrons. The number of rotatable bonds is 2. The molecule has 1 N–H and O–H groups in total. The molecule has 2 nitrogen and oxygen atoms in total. The summed E-state index contributed by atoms with van der Waals surface area (Å²) in [7, 11) is 0. The van der Waals surface area contributed by atoms with Crippen LogP contribution < -0.4 is 5.32 Å². The highest BCUT2D eigenvalue weighted by molar-refractivity contribution is 7.09. The molecule has 0 bridgehead atoms. The predicted molar refractivity (Wildman–Crippen MR) is 60.7 cm³/mol. The maximum Gasteiger partial charge on any atom is 0.0794 e. The van der Waals surface area contributed by atoms with E-state index in [0.29, 0.717) is 0 Å². The second-order valence-electron chi connectivity index (χ2n) is 4.41. The van der Waals surface area contributed by atoms with Gasteiger partial charge in [0.15, 0.2) is 0 Å². The number of hydrogen-bond donors (Lipinski definition) is 1. The SMILES string of the molecule is CC(C)C1CNCCC1c1cncs1. The molecule has 1 aliphatic rings. The molecule has 2 rings (SSSR count). The molecule has 0 spiro atoms. The Hall–Kier alpha value is -0.410. The molecule has 14 heavy (non-hydrogen) atoms. The van der Waals surface area contributed by atoms with Crippen molar-refractivity contribution < 1.29 is 0 Å². The van der Waals surface area contributed by atoms with Gasteiger partial charge < -0.3 is 5.32 Å². The standard InChI is InChI=1S/C11H18N2S/c1-8(2)10-5-12-4-3-9(10)11-6-13-7-14-11/h6-10,12H,3-5H2,1-2H3. The van der Waals surface area contributed by atoms with Crippen LogP contribution in [-0.4, -0.2) is 18.1 Å². The van der Waals surface area contributed by atoms with Crippen molar-refractivity contribution in [1.29, 1.82) is 0 Å². The maximum atomic E-state index is 4.19. The molecule has 0 aliphatic carbocycles. The Morgan fingerprint density at radius 1 is 1.57 bits per heavy atom. The summed E-state index contributed by atoms with van der Waals surface area (Å²) in [4.78, 5) is 5.67. The largest absolute Gasteiger partial charge is 0.316 e. The Morgan fingerprint density at radius 2 is 2.43 bits per heavy atom. The summed E-state index contributed by atoms with van der Waals surface area (Å²) in [6.07, 6.45) is 3.32. The second kappa shape index (κ2) is 4.41. The summed E-state index contributed by atoms with van der Waals surface area (Å²) >= 11 is 1.81. The van der Waals surface area contributed by atoms with Gasteiger partial charge in [-0.1, -0.05) is 13.8 Å². The predicted octanol–water partition coefficient (Wildman–Crippen LogP) is 2.49. The number of piperidine rings is 1. The van der Waals surface area contributed by atoms with Crippen LogP contribution in [0.1, 0.15) is 31.1 Å². The lowest BCUT2D eigenvalue weighted by Crippen LogP contribution is -2.37. The van der Waals surface area contributed by atoms with Gasteiger partial charge in [0.25, 0.3) is 0 Å². The van der Waals surface area contributed by atoms with E-state index in [1.807, 2.05) is 16.8 Å². The fourth-order valence-electron chi connectivity index (χ4n) is 2.34. The van der Waals surface area contributed by atoms with Crippen LogP contribution in [0.4, 0.5) is 0 Å². The highest BCUT2D eigenvalue weighted by Crippen LogP contribution is 2.36. The van der Waals surface area contributed by atoms with Crippen LogP contribution in [0, 0.1) is 11.8 Å². The third-order valence-electron chi connectivity index (χ3n) is 3.20. The fourth-order valence-corrected chi connectivity index (χ4v) is 3.18. The van der Waals surface area contributed by atoms with Gasteiger partial charge in [0, 0.05) is 17.0 Å². The fraction of sp³-hybridized carbons (Fsp3) is 0.727. The Bertz CT molecular complexity index is 269. The second-order valence-corrected chi connectivity index (χ2v) is 5.33. The first kappa shape index (κ1) is 10.1. The maximum absolute atomic E-state index is 4.19. The first-order valence-corrected chi connectivity index (χ1v) is 6.26. The minimum atomic E-state index is 0.740. The van der Waals surface area contributed by atoms with Gasteiger partial charge >= 0.3 is 0 Å². The van der Waals surface area contributed by atoms with Gasteiger partial charge in [0.1, 0.15) is 0 Å². The number of nitrogens with zero attached hydrogens (tertiary/aromatic N) is 1. The molecule has 2 unspecified atom stereocenters. The number of thiazole rings is 1. The number of nitrogens with one attached hydrogen (secondary N) is 1. The smallest absolute Gasteiger partial charge is 0.0794 e. The first-order chi connectivity index (χ1) is 6.79. The van der Waals surface area contributed by atoms with E-state index in [0.717, 1.165) is 24.3 Å². The third kappa shape index (κ3) is 1.98. The van der Waals surface area contributed by atoms with Crippen molar-refractivity contribution in [3.8, 4) is 0 Å². The van der Waals surface area contributed by atoms with E-state index in [1.165, 1.54) is 17.8 Å². The zero-order chi connectivity index (χ0) is 9.97. The molecule has 0 aromatic carbocycles. The molecule has 1 aliphatic heterocycles. The van der Waals surface area contributed by atoms with Crippen molar-refractivity contribution >= 4 is 11.3 Å². The molecule has 0 saturated carbocycles. The summed E-state index contributed by atoms with van der Waals surface area (Å²) in [5.74, 6) is 2.28. The van der Waals surface area contributed by atoms with Crippen molar-refractivity contribution in [2.75, 3.05) is 13.1 Å². The Balaban J connectivity index is 2.14. The Labute approximate surface area is 89.8 Å². The van der Waals surface area contributed by atoms with Gasteiger partial charge in [0.05, 0.1) is 5.51 Å². The van der Waals surface area contributed by atoms with Gasteiger partial charge in [-0.3, -0.25) is 4.98 Å². The summed E-state index contributed by atoms with van der Waals surface area (Å²) in [6.45, 7) is 6.98. The normalized spacial score (nSPS) is 28.2. The van der Waals surface area contributed by atoms with Crippen molar-refractivity contribution in [3.05, 3.63) is 16.6 Å². The summed E-state index contributed by atoms with van der Waals surface area (Å²) in [5.41, 5.74) is 1.95. The molecular formula is C11H18N2S. The average Bonchev–Trinajstić information content (AvgIpc) is 2.70. The molecule has 1 aromatic heterocycles. The van der Waals surface area contributed by atoms with E-state index < -0.39 is 0 Å². The van der Waals surface area contributed by atoms with Gasteiger partial charge in [-0.15, -0.1) is 11.3 Å². The Kier molecular flexibility index (Phi) is 3.19. The topological polar surface area (TPSA) is 24.9 Å². The van der Waals surface area contributed by atoms with Crippen molar-refractivity contribution in [2.24, 2.45) is 11.8 Å². The average molecular weight is 210 g/mol. The molecule has 0 amide bonds. The molecule has 1 fully saturated rings.